The maximum absolute atomic E-state index is 12.0. The Hall–Kier alpha value is -2.63. The quantitative estimate of drug-likeness (QED) is 0.738. The average Bonchev–Trinajstić information content (AvgIpc) is 3.04. The van der Waals surface area contributed by atoms with Crippen LogP contribution in [0.25, 0.3) is 0 Å². The van der Waals surface area contributed by atoms with Crippen molar-refractivity contribution in [2.45, 2.75) is 18.9 Å². The molecule has 0 aliphatic carbocycles. The second-order valence-corrected chi connectivity index (χ2v) is 4.63. The number of aromatic amines is 1. The molecule has 1 unspecified atom stereocenters. The Bertz CT molecular complexity index is 581. The van der Waals surface area contributed by atoms with Gasteiger partial charge in [0, 0.05) is 19.7 Å². The van der Waals surface area contributed by atoms with E-state index in [0.717, 1.165) is 11.1 Å². The van der Waals surface area contributed by atoms with E-state index in [4.69, 9.17) is 0 Å². The highest BCUT2D eigenvalue weighted by molar-refractivity contribution is 5.88. The molecule has 6 nitrogen and oxygen atoms in total. The number of rotatable bonds is 6. The van der Waals surface area contributed by atoms with Gasteiger partial charge in [-0.1, -0.05) is 30.3 Å². The predicted molar refractivity (Wildman–Crippen MR) is 78.3 cm³/mol. The highest BCUT2D eigenvalue weighted by Gasteiger charge is 2.21. The van der Waals surface area contributed by atoms with Crippen LogP contribution in [0.1, 0.15) is 23.6 Å². The highest BCUT2D eigenvalue weighted by atomic mass is 16.2. The minimum atomic E-state index is -0.673. The molecule has 1 aromatic heterocycles. The van der Waals surface area contributed by atoms with Gasteiger partial charge < -0.3 is 10.6 Å². The third-order valence-electron chi connectivity index (χ3n) is 3.14. The Morgan fingerprint density at radius 2 is 2.05 bits per heavy atom. The first kappa shape index (κ1) is 14.8. The number of H-pyrrole nitrogens is 1. The third-order valence-corrected chi connectivity index (χ3v) is 3.14. The van der Waals surface area contributed by atoms with Crippen molar-refractivity contribution in [1.82, 2.24) is 20.8 Å². The maximum Gasteiger partial charge on any atom is 0.246 e. The Labute approximate surface area is 122 Å². The van der Waals surface area contributed by atoms with Crippen LogP contribution in [-0.2, 0) is 16.0 Å². The lowest BCUT2D eigenvalue weighted by Gasteiger charge is -2.17. The summed E-state index contributed by atoms with van der Waals surface area (Å²) in [5, 5.41) is 11.9. The summed E-state index contributed by atoms with van der Waals surface area (Å²) in [7, 11) is 1.55. The van der Waals surface area contributed by atoms with E-state index >= 15 is 0 Å². The van der Waals surface area contributed by atoms with E-state index in [2.05, 4.69) is 20.8 Å². The van der Waals surface area contributed by atoms with Crippen LogP contribution >= 0.6 is 0 Å². The van der Waals surface area contributed by atoms with Crippen molar-refractivity contribution < 1.29 is 9.59 Å². The molecule has 1 aromatic carbocycles. The Morgan fingerprint density at radius 3 is 2.67 bits per heavy atom. The van der Waals surface area contributed by atoms with E-state index in [9.17, 15) is 9.59 Å². The molecule has 0 spiro atoms. The molecule has 2 aromatic rings. The first-order chi connectivity index (χ1) is 10.2. The first-order valence-corrected chi connectivity index (χ1v) is 6.74. The van der Waals surface area contributed by atoms with Gasteiger partial charge in [-0.3, -0.25) is 14.7 Å². The SMILES string of the molecule is CNC(=O)C(NC(=O)CCc1cn[nH]c1)c1ccccc1. The van der Waals surface area contributed by atoms with Gasteiger partial charge in [0.1, 0.15) is 6.04 Å². The summed E-state index contributed by atoms with van der Waals surface area (Å²) in [6, 6.07) is 8.50. The summed E-state index contributed by atoms with van der Waals surface area (Å²) in [5.41, 5.74) is 1.72. The van der Waals surface area contributed by atoms with Gasteiger partial charge in [-0.15, -0.1) is 0 Å². The number of amides is 2. The van der Waals surface area contributed by atoms with Crippen molar-refractivity contribution in [3.63, 3.8) is 0 Å². The molecular formula is C15H18N4O2. The van der Waals surface area contributed by atoms with Crippen molar-refractivity contribution >= 4 is 11.8 Å². The second-order valence-electron chi connectivity index (χ2n) is 4.63. The van der Waals surface area contributed by atoms with E-state index in [1.165, 1.54) is 0 Å². The normalized spacial score (nSPS) is 11.7. The van der Waals surface area contributed by atoms with Crippen LogP contribution in [0.2, 0.25) is 0 Å². The number of benzene rings is 1. The molecule has 21 heavy (non-hydrogen) atoms. The van der Waals surface area contributed by atoms with Crippen molar-refractivity contribution in [2.24, 2.45) is 0 Å². The number of aromatic nitrogens is 2. The summed E-state index contributed by atoms with van der Waals surface area (Å²) < 4.78 is 0. The molecular weight excluding hydrogens is 268 g/mol. The molecule has 0 aliphatic heterocycles. The lowest BCUT2D eigenvalue weighted by molar-refractivity contribution is -0.128. The van der Waals surface area contributed by atoms with E-state index in [1.807, 2.05) is 30.3 Å². The number of carbonyl (C=O) groups excluding carboxylic acids is 2. The van der Waals surface area contributed by atoms with E-state index in [-0.39, 0.29) is 11.8 Å². The van der Waals surface area contributed by atoms with E-state index < -0.39 is 6.04 Å². The molecule has 2 rings (SSSR count). The monoisotopic (exact) mass is 286 g/mol. The third kappa shape index (κ3) is 4.17. The molecule has 0 aliphatic rings. The molecule has 0 saturated heterocycles. The fourth-order valence-electron chi connectivity index (χ4n) is 2.00. The minimum absolute atomic E-state index is 0.173. The first-order valence-electron chi connectivity index (χ1n) is 6.74. The molecule has 3 N–H and O–H groups in total. The van der Waals surface area contributed by atoms with Crippen LogP contribution in [-0.4, -0.2) is 29.1 Å². The lowest BCUT2D eigenvalue weighted by Crippen LogP contribution is -2.39. The number of aryl methyl sites for hydroxylation is 1. The largest absolute Gasteiger partial charge is 0.357 e. The molecule has 0 bridgehead atoms. The molecule has 1 heterocycles. The zero-order chi connectivity index (χ0) is 15.1. The Balaban J connectivity index is 1.98. The molecule has 2 amide bonds. The van der Waals surface area contributed by atoms with Crippen LogP contribution < -0.4 is 10.6 Å². The molecule has 0 radical (unpaired) electrons. The van der Waals surface area contributed by atoms with Gasteiger partial charge >= 0.3 is 0 Å². The Morgan fingerprint density at radius 1 is 1.29 bits per heavy atom. The van der Waals surface area contributed by atoms with Crippen LogP contribution in [0.3, 0.4) is 0 Å². The van der Waals surface area contributed by atoms with E-state index in [0.29, 0.717) is 12.8 Å². The van der Waals surface area contributed by atoms with Crippen molar-refractivity contribution in [3.8, 4) is 0 Å². The van der Waals surface area contributed by atoms with Crippen LogP contribution in [0, 0.1) is 0 Å². The highest BCUT2D eigenvalue weighted by Crippen LogP contribution is 2.13. The zero-order valence-corrected chi connectivity index (χ0v) is 11.8. The van der Waals surface area contributed by atoms with Crippen molar-refractivity contribution in [1.29, 1.82) is 0 Å². The number of hydrogen-bond donors (Lipinski definition) is 3. The zero-order valence-electron chi connectivity index (χ0n) is 11.8. The fraction of sp³-hybridized carbons (Fsp3) is 0.267. The standard InChI is InChI=1S/C15H18N4O2/c1-16-15(21)14(12-5-3-2-4-6-12)19-13(20)8-7-11-9-17-18-10-11/h2-6,9-10,14H,7-8H2,1H3,(H,16,21)(H,17,18)(H,19,20). The van der Waals surface area contributed by atoms with Gasteiger partial charge in [-0.05, 0) is 17.5 Å². The number of nitrogens with one attached hydrogen (secondary N) is 3. The predicted octanol–water partition coefficient (Wildman–Crippen LogP) is 0.946. The average molecular weight is 286 g/mol. The van der Waals surface area contributed by atoms with Gasteiger partial charge in [0.15, 0.2) is 0 Å². The van der Waals surface area contributed by atoms with Gasteiger partial charge in [-0.2, -0.15) is 5.10 Å². The summed E-state index contributed by atoms with van der Waals surface area (Å²) in [5.74, 6) is -0.411. The second kappa shape index (κ2) is 7.23. The number of hydrogen-bond acceptors (Lipinski definition) is 3. The smallest absolute Gasteiger partial charge is 0.246 e. The summed E-state index contributed by atoms with van der Waals surface area (Å²) in [6.07, 6.45) is 4.32. The molecule has 6 heteroatoms. The maximum atomic E-state index is 12.0. The van der Waals surface area contributed by atoms with Crippen LogP contribution in [0.4, 0.5) is 0 Å². The topological polar surface area (TPSA) is 86.9 Å². The van der Waals surface area contributed by atoms with Gasteiger partial charge in [0.2, 0.25) is 11.8 Å². The van der Waals surface area contributed by atoms with Crippen LogP contribution in [0.5, 0.6) is 0 Å². The number of carbonyl (C=O) groups is 2. The van der Waals surface area contributed by atoms with E-state index in [1.54, 1.807) is 19.4 Å². The molecule has 1 atom stereocenters. The van der Waals surface area contributed by atoms with Crippen molar-refractivity contribution in [3.05, 3.63) is 53.9 Å². The van der Waals surface area contributed by atoms with Gasteiger partial charge in [0.25, 0.3) is 0 Å². The fourth-order valence-corrected chi connectivity index (χ4v) is 2.00. The van der Waals surface area contributed by atoms with Crippen LogP contribution in [0.15, 0.2) is 42.7 Å². The number of likely N-dealkylation sites (N-methyl/N-ethyl adjacent to an activating group) is 1. The molecule has 110 valence electrons. The summed E-state index contributed by atoms with van der Waals surface area (Å²) >= 11 is 0. The van der Waals surface area contributed by atoms with Gasteiger partial charge in [0.05, 0.1) is 6.20 Å². The van der Waals surface area contributed by atoms with Crippen molar-refractivity contribution in [2.75, 3.05) is 7.05 Å². The lowest BCUT2D eigenvalue weighted by atomic mass is 10.1. The molecule has 0 saturated carbocycles. The molecule has 0 fully saturated rings. The summed E-state index contributed by atoms with van der Waals surface area (Å²) in [6.45, 7) is 0. The Kier molecular flexibility index (Phi) is 5.09. The summed E-state index contributed by atoms with van der Waals surface area (Å²) in [4.78, 5) is 24.0. The minimum Gasteiger partial charge on any atom is -0.357 e. The number of nitrogens with zero attached hydrogens (tertiary/aromatic N) is 1. The van der Waals surface area contributed by atoms with Gasteiger partial charge in [-0.25, -0.2) is 0 Å².